The lowest BCUT2D eigenvalue weighted by Gasteiger charge is -2.38. The Morgan fingerprint density at radius 2 is 1.90 bits per heavy atom. The number of hydrogen-bond donors (Lipinski definition) is 1. The molecule has 0 bridgehead atoms. The van der Waals surface area contributed by atoms with E-state index in [0.29, 0.717) is 13.1 Å². The molecule has 2 aliphatic rings. The highest BCUT2D eigenvalue weighted by Crippen LogP contribution is 2.32. The van der Waals surface area contributed by atoms with Gasteiger partial charge in [-0.1, -0.05) is 18.2 Å². The molecule has 8 heteroatoms. The van der Waals surface area contributed by atoms with Crippen molar-refractivity contribution in [3.05, 3.63) is 59.4 Å². The number of rotatable bonds is 3. The highest BCUT2D eigenvalue weighted by Gasteiger charge is 2.28. The van der Waals surface area contributed by atoms with Crippen LogP contribution in [0.2, 0.25) is 0 Å². The number of fused-ring (bicyclic) bond motifs is 1. The molecule has 1 saturated heterocycles. The second kappa shape index (κ2) is 9.62. The van der Waals surface area contributed by atoms with Gasteiger partial charge in [0.05, 0.1) is 12.6 Å². The molecular weight excluding hydrogens is 488 g/mol. The van der Waals surface area contributed by atoms with Crippen molar-refractivity contribution >= 4 is 29.9 Å². The van der Waals surface area contributed by atoms with Crippen LogP contribution in [-0.4, -0.2) is 43.9 Å². The van der Waals surface area contributed by atoms with Gasteiger partial charge in [-0.25, -0.2) is 4.39 Å². The smallest absolute Gasteiger partial charge is 0.231 e. The fourth-order valence-corrected chi connectivity index (χ4v) is 3.55. The maximum Gasteiger partial charge on any atom is 0.231 e. The van der Waals surface area contributed by atoms with Gasteiger partial charge in [0.15, 0.2) is 17.5 Å². The van der Waals surface area contributed by atoms with Crippen molar-refractivity contribution in [1.82, 2.24) is 10.2 Å². The molecule has 0 aliphatic carbocycles. The number of halogens is 2. The molecule has 29 heavy (non-hydrogen) atoms. The van der Waals surface area contributed by atoms with E-state index in [1.54, 1.807) is 19.2 Å². The summed E-state index contributed by atoms with van der Waals surface area (Å²) in [7, 11) is 1.77. The summed E-state index contributed by atoms with van der Waals surface area (Å²) in [4.78, 5) is 6.61. The molecule has 2 atom stereocenters. The Kier molecular flexibility index (Phi) is 7.18. The van der Waals surface area contributed by atoms with E-state index in [2.05, 4.69) is 15.2 Å². The monoisotopic (exact) mass is 513 g/mol. The van der Waals surface area contributed by atoms with E-state index in [0.717, 1.165) is 35.1 Å². The lowest BCUT2D eigenvalue weighted by atomic mass is 10.1. The second-order valence-corrected chi connectivity index (χ2v) is 6.98. The summed E-state index contributed by atoms with van der Waals surface area (Å²) in [5.41, 5.74) is 2.05. The number of nitrogens with one attached hydrogen (secondary N) is 1. The van der Waals surface area contributed by atoms with Crippen LogP contribution in [0.1, 0.15) is 24.2 Å². The van der Waals surface area contributed by atoms with Crippen LogP contribution in [0.15, 0.2) is 47.5 Å². The van der Waals surface area contributed by atoms with E-state index < -0.39 is 0 Å². The third-order valence-electron chi connectivity index (χ3n) is 4.90. The Bertz CT molecular complexity index is 863. The minimum Gasteiger partial charge on any atom is -0.454 e. The van der Waals surface area contributed by atoms with Gasteiger partial charge in [-0.2, -0.15) is 0 Å². The van der Waals surface area contributed by atoms with Gasteiger partial charge >= 0.3 is 0 Å². The van der Waals surface area contributed by atoms with Crippen molar-refractivity contribution in [3.63, 3.8) is 0 Å². The molecule has 1 fully saturated rings. The maximum absolute atomic E-state index is 13.2. The molecule has 1 N–H and O–H groups in total. The second-order valence-electron chi connectivity index (χ2n) is 6.98. The van der Waals surface area contributed by atoms with Gasteiger partial charge in [-0.3, -0.25) is 4.99 Å². The predicted octanol–water partition coefficient (Wildman–Crippen LogP) is 3.71. The highest BCUT2D eigenvalue weighted by atomic mass is 127. The first-order valence-electron chi connectivity index (χ1n) is 9.37. The zero-order chi connectivity index (χ0) is 19.5. The molecule has 0 spiro atoms. The number of ether oxygens (including phenoxy) is 3. The molecule has 2 aromatic rings. The SMILES string of the molecule is CN=C(NCc1ccc2c(c1)OCO2)N1CC(C)OC(c2ccc(F)cc2)C1.I. The van der Waals surface area contributed by atoms with E-state index in [1.165, 1.54) is 12.1 Å². The van der Waals surface area contributed by atoms with Crippen molar-refractivity contribution < 1.29 is 18.6 Å². The first-order chi connectivity index (χ1) is 13.6. The molecule has 4 rings (SSSR count). The van der Waals surface area contributed by atoms with Crippen molar-refractivity contribution in [3.8, 4) is 11.5 Å². The van der Waals surface area contributed by atoms with Gasteiger partial charge < -0.3 is 24.4 Å². The van der Waals surface area contributed by atoms with Gasteiger partial charge in [-0.05, 0) is 42.3 Å². The predicted molar refractivity (Wildman–Crippen MR) is 119 cm³/mol. The van der Waals surface area contributed by atoms with Crippen LogP contribution >= 0.6 is 24.0 Å². The summed E-state index contributed by atoms with van der Waals surface area (Å²) < 4.78 is 30.1. The Labute approximate surface area is 187 Å². The molecular formula is C21H25FIN3O3. The molecule has 2 heterocycles. The topological polar surface area (TPSA) is 55.3 Å². The van der Waals surface area contributed by atoms with Crippen LogP contribution in [0.3, 0.4) is 0 Å². The van der Waals surface area contributed by atoms with Crippen molar-refractivity contribution in [2.45, 2.75) is 25.7 Å². The van der Waals surface area contributed by atoms with Crippen LogP contribution in [0.5, 0.6) is 11.5 Å². The lowest BCUT2D eigenvalue weighted by molar-refractivity contribution is -0.0605. The van der Waals surface area contributed by atoms with Crippen LogP contribution in [0.4, 0.5) is 4.39 Å². The summed E-state index contributed by atoms with van der Waals surface area (Å²) in [6.07, 6.45) is -0.0960. The minimum atomic E-state index is -0.245. The standard InChI is InChI=1S/C21H24FN3O3.HI/c1-14-11-25(12-20(28-14)16-4-6-17(22)7-5-16)21(23-2)24-10-15-3-8-18-19(9-15)27-13-26-18;/h3-9,14,20H,10-13H2,1-2H3,(H,23,24);1H. The lowest BCUT2D eigenvalue weighted by Crippen LogP contribution is -2.50. The van der Waals surface area contributed by atoms with Gasteiger partial charge in [0.1, 0.15) is 11.9 Å². The first-order valence-corrected chi connectivity index (χ1v) is 9.37. The van der Waals surface area contributed by atoms with Gasteiger partial charge in [-0.15, -0.1) is 24.0 Å². The van der Waals surface area contributed by atoms with Crippen LogP contribution in [0.25, 0.3) is 0 Å². The molecule has 156 valence electrons. The van der Waals surface area contributed by atoms with Crippen molar-refractivity contribution in [2.75, 3.05) is 26.9 Å². The average Bonchev–Trinajstić information content (AvgIpc) is 3.16. The number of benzene rings is 2. The zero-order valence-electron chi connectivity index (χ0n) is 16.4. The fourth-order valence-electron chi connectivity index (χ4n) is 3.55. The fraction of sp³-hybridized carbons (Fsp3) is 0.381. The molecule has 0 amide bonds. The van der Waals surface area contributed by atoms with E-state index in [-0.39, 0.29) is 48.8 Å². The summed E-state index contributed by atoms with van der Waals surface area (Å²) >= 11 is 0. The molecule has 0 aromatic heterocycles. The summed E-state index contributed by atoms with van der Waals surface area (Å²) in [5.74, 6) is 2.11. The van der Waals surface area contributed by atoms with Crippen LogP contribution < -0.4 is 14.8 Å². The number of nitrogens with zero attached hydrogens (tertiary/aromatic N) is 2. The molecule has 0 saturated carbocycles. The van der Waals surface area contributed by atoms with Crippen LogP contribution in [-0.2, 0) is 11.3 Å². The summed E-state index contributed by atoms with van der Waals surface area (Å²) in [6.45, 7) is 4.31. The molecule has 2 aliphatic heterocycles. The van der Waals surface area contributed by atoms with Gasteiger partial charge in [0.25, 0.3) is 0 Å². The van der Waals surface area contributed by atoms with Crippen molar-refractivity contribution in [1.29, 1.82) is 0 Å². The molecule has 0 radical (unpaired) electrons. The van der Waals surface area contributed by atoms with E-state index in [4.69, 9.17) is 14.2 Å². The summed E-state index contributed by atoms with van der Waals surface area (Å²) in [6, 6.07) is 12.4. The number of morpholine rings is 1. The number of guanidine groups is 1. The number of aliphatic imine (C=N–C) groups is 1. The highest BCUT2D eigenvalue weighted by molar-refractivity contribution is 14.0. The largest absolute Gasteiger partial charge is 0.454 e. The minimum absolute atomic E-state index is 0. The van der Waals surface area contributed by atoms with E-state index in [1.807, 2.05) is 25.1 Å². The van der Waals surface area contributed by atoms with Crippen LogP contribution in [0, 0.1) is 5.82 Å². The Morgan fingerprint density at radius 3 is 2.66 bits per heavy atom. The number of hydrogen-bond acceptors (Lipinski definition) is 4. The third kappa shape index (κ3) is 5.11. The molecule has 2 unspecified atom stereocenters. The molecule has 6 nitrogen and oxygen atoms in total. The normalized spacial score (nSPS) is 20.9. The third-order valence-corrected chi connectivity index (χ3v) is 4.90. The average molecular weight is 513 g/mol. The first kappa shape index (κ1) is 21.6. The Hall–Kier alpha value is -2.07. The Morgan fingerprint density at radius 1 is 1.14 bits per heavy atom. The quantitative estimate of drug-likeness (QED) is 0.386. The molecule has 2 aromatic carbocycles. The van der Waals surface area contributed by atoms with Crippen molar-refractivity contribution in [2.24, 2.45) is 4.99 Å². The summed E-state index contributed by atoms with van der Waals surface area (Å²) in [5, 5.41) is 3.41. The van der Waals surface area contributed by atoms with E-state index >= 15 is 0 Å². The zero-order valence-corrected chi connectivity index (χ0v) is 18.8. The van der Waals surface area contributed by atoms with E-state index in [9.17, 15) is 4.39 Å². The Balaban J connectivity index is 0.00000240. The van der Waals surface area contributed by atoms with Gasteiger partial charge in [0.2, 0.25) is 6.79 Å². The van der Waals surface area contributed by atoms with Gasteiger partial charge in [0, 0.05) is 20.1 Å². The maximum atomic E-state index is 13.2.